The summed E-state index contributed by atoms with van der Waals surface area (Å²) in [6, 6.07) is 14.5. The van der Waals surface area contributed by atoms with Crippen molar-refractivity contribution in [2.24, 2.45) is 0 Å². The molecule has 0 bridgehead atoms. The molecule has 3 rings (SSSR count). The Labute approximate surface area is 156 Å². The Morgan fingerprint density at radius 1 is 1.07 bits per heavy atom. The van der Waals surface area contributed by atoms with Crippen molar-refractivity contribution in [3.8, 4) is 11.5 Å². The van der Waals surface area contributed by atoms with E-state index in [1.165, 1.54) is 12.1 Å². The molecule has 0 radical (unpaired) electrons. The number of carbonyl (C=O) groups is 1. The van der Waals surface area contributed by atoms with Crippen LogP contribution in [0.15, 0.2) is 67.4 Å². The fourth-order valence-electron chi connectivity index (χ4n) is 2.32. The highest BCUT2D eigenvalue weighted by Crippen LogP contribution is 2.22. The highest BCUT2D eigenvalue weighted by atomic mass is 19.1. The van der Waals surface area contributed by atoms with Crippen LogP contribution < -0.4 is 10.1 Å². The molecule has 1 aromatic heterocycles. The summed E-state index contributed by atoms with van der Waals surface area (Å²) in [6.07, 6.45) is 1.78. The van der Waals surface area contributed by atoms with Crippen molar-refractivity contribution < 1.29 is 13.9 Å². The van der Waals surface area contributed by atoms with Crippen molar-refractivity contribution in [1.29, 1.82) is 0 Å². The molecule has 136 valence electrons. The Morgan fingerprint density at radius 3 is 2.33 bits per heavy atom. The van der Waals surface area contributed by atoms with Gasteiger partial charge in [0.2, 0.25) is 5.91 Å². The van der Waals surface area contributed by atoms with E-state index in [1.54, 1.807) is 55.6 Å². The SMILES string of the molecule is C=C(C)c1nccc(NC(=O)Cc2ccc(Oc3ccc(F)cc3)cc2)n1. The molecule has 1 amide bonds. The van der Waals surface area contributed by atoms with Gasteiger partial charge in [-0.25, -0.2) is 14.4 Å². The lowest BCUT2D eigenvalue weighted by Gasteiger charge is -2.08. The third-order valence-electron chi connectivity index (χ3n) is 3.64. The van der Waals surface area contributed by atoms with E-state index in [1.807, 2.05) is 0 Å². The van der Waals surface area contributed by atoms with Gasteiger partial charge in [0.05, 0.1) is 6.42 Å². The molecule has 0 aliphatic carbocycles. The van der Waals surface area contributed by atoms with Crippen LogP contribution >= 0.6 is 0 Å². The van der Waals surface area contributed by atoms with Gasteiger partial charge < -0.3 is 10.1 Å². The third-order valence-corrected chi connectivity index (χ3v) is 3.64. The van der Waals surface area contributed by atoms with Gasteiger partial charge in [0.15, 0.2) is 5.82 Å². The van der Waals surface area contributed by atoms with E-state index in [-0.39, 0.29) is 18.1 Å². The summed E-state index contributed by atoms with van der Waals surface area (Å²) >= 11 is 0. The summed E-state index contributed by atoms with van der Waals surface area (Å²) in [5.74, 6) is 1.57. The van der Waals surface area contributed by atoms with Crippen LogP contribution in [0.2, 0.25) is 0 Å². The Kier molecular flexibility index (Phi) is 5.56. The minimum absolute atomic E-state index is 0.187. The molecule has 0 aliphatic heterocycles. The number of rotatable bonds is 6. The van der Waals surface area contributed by atoms with Gasteiger partial charge >= 0.3 is 0 Å². The van der Waals surface area contributed by atoms with Crippen LogP contribution in [0.3, 0.4) is 0 Å². The molecule has 0 fully saturated rings. The second kappa shape index (κ2) is 8.23. The molecule has 27 heavy (non-hydrogen) atoms. The molecule has 0 spiro atoms. The first-order valence-electron chi connectivity index (χ1n) is 8.31. The smallest absolute Gasteiger partial charge is 0.229 e. The molecule has 0 saturated carbocycles. The molecule has 0 aliphatic rings. The number of benzene rings is 2. The molecule has 1 heterocycles. The number of allylic oxidation sites excluding steroid dienone is 1. The molecular weight excluding hydrogens is 345 g/mol. The van der Waals surface area contributed by atoms with E-state index < -0.39 is 0 Å². The summed E-state index contributed by atoms with van der Waals surface area (Å²) in [6.45, 7) is 5.59. The van der Waals surface area contributed by atoms with Crippen molar-refractivity contribution in [2.45, 2.75) is 13.3 Å². The first kappa shape index (κ1) is 18.3. The summed E-state index contributed by atoms with van der Waals surface area (Å²) < 4.78 is 18.5. The number of hydrogen-bond acceptors (Lipinski definition) is 4. The highest BCUT2D eigenvalue weighted by molar-refractivity contribution is 5.91. The van der Waals surface area contributed by atoms with E-state index in [4.69, 9.17) is 4.74 Å². The normalized spacial score (nSPS) is 10.3. The van der Waals surface area contributed by atoms with Crippen molar-refractivity contribution in [3.05, 3.63) is 84.6 Å². The Balaban J connectivity index is 1.59. The average molecular weight is 363 g/mol. The number of ether oxygens (including phenoxy) is 1. The quantitative estimate of drug-likeness (QED) is 0.694. The molecule has 0 unspecified atom stereocenters. The number of amides is 1. The summed E-state index contributed by atoms with van der Waals surface area (Å²) in [4.78, 5) is 20.5. The van der Waals surface area contributed by atoms with Crippen molar-refractivity contribution >= 4 is 17.3 Å². The molecule has 0 atom stereocenters. The number of hydrogen-bond donors (Lipinski definition) is 1. The van der Waals surface area contributed by atoms with Crippen molar-refractivity contribution in [2.75, 3.05) is 5.32 Å². The minimum Gasteiger partial charge on any atom is -0.457 e. The zero-order valence-electron chi connectivity index (χ0n) is 14.8. The highest BCUT2D eigenvalue weighted by Gasteiger charge is 2.07. The topological polar surface area (TPSA) is 64.1 Å². The number of nitrogens with one attached hydrogen (secondary N) is 1. The monoisotopic (exact) mass is 363 g/mol. The third kappa shape index (κ3) is 5.22. The number of aromatic nitrogens is 2. The van der Waals surface area contributed by atoms with Crippen LogP contribution in [0.1, 0.15) is 18.3 Å². The van der Waals surface area contributed by atoms with Gasteiger partial charge in [0.25, 0.3) is 0 Å². The lowest BCUT2D eigenvalue weighted by atomic mass is 10.1. The van der Waals surface area contributed by atoms with Gasteiger partial charge in [-0.2, -0.15) is 0 Å². The predicted molar refractivity (Wildman–Crippen MR) is 102 cm³/mol. The van der Waals surface area contributed by atoms with Crippen molar-refractivity contribution in [3.63, 3.8) is 0 Å². The van der Waals surface area contributed by atoms with E-state index in [9.17, 15) is 9.18 Å². The standard InChI is InChI=1S/C21H18FN3O2/c1-14(2)21-23-12-11-19(25-21)24-20(26)13-15-3-7-17(8-4-15)27-18-9-5-16(22)6-10-18/h3-12H,1,13H2,2H3,(H,23,24,25,26). The van der Waals surface area contributed by atoms with Gasteiger partial charge in [-0.05, 0) is 60.5 Å². The molecule has 0 saturated heterocycles. The number of nitrogens with zero attached hydrogens (tertiary/aromatic N) is 2. The van der Waals surface area contributed by atoms with Gasteiger partial charge in [0.1, 0.15) is 23.1 Å². The summed E-state index contributed by atoms with van der Waals surface area (Å²) in [7, 11) is 0. The first-order chi connectivity index (χ1) is 13.0. The minimum atomic E-state index is -0.317. The lowest BCUT2D eigenvalue weighted by Crippen LogP contribution is -2.15. The van der Waals surface area contributed by atoms with E-state index in [0.717, 1.165) is 11.1 Å². The fourth-order valence-corrected chi connectivity index (χ4v) is 2.32. The number of halogens is 1. The molecule has 3 aromatic rings. The number of anilines is 1. The average Bonchev–Trinajstić information content (AvgIpc) is 2.65. The summed E-state index contributed by atoms with van der Waals surface area (Å²) in [5.41, 5.74) is 1.55. The van der Waals surface area contributed by atoms with Crippen LogP contribution in [0.4, 0.5) is 10.2 Å². The first-order valence-corrected chi connectivity index (χ1v) is 8.31. The predicted octanol–water partition coefficient (Wildman–Crippen LogP) is 4.62. The van der Waals surface area contributed by atoms with E-state index >= 15 is 0 Å². The van der Waals surface area contributed by atoms with E-state index in [2.05, 4.69) is 21.9 Å². The Bertz CT molecular complexity index is 954. The largest absolute Gasteiger partial charge is 0.457 e. The van der Waals surface area contributed by atoms with Gasteiger partial charge in [-0.3, -0.25) is 4.79 Å². The van der Waals surface area contributed by atoms with Gasteiger partial charge in [-0.15, -0.1) is 0 Å². The van der Waals surface area contributed by atoms with Gasteiger partial charge in [0, 0.05) is 6.20 Å². The van der Waals surface area contributed by atoms with Crippen LogP contribution in [0, 0.1) is 5.82 Å². The maximum absolute atomic E-state index is 12.9. The Hall–Kier alpha value is -3.54. The zero-order valence-corrected chi connectivity index (χ0v) is 14.8. The van der Waals surface area contributed by atoms with Crippen LogP contribution in [0.5, 0.6) is 11.5 Å². The van der Waals surface area contributed by atoms with Crippen molar-refractivity contribution in [1.82, 2.24) is 9.97 Å². The molecule has 2 aromatic carbocycles. The van der Waals surface area contributed by atoms with Gasteiger partial charge in [-0.1, -0.05) is 18.7 Å². The van der Waals surface area contributed by atoms with E-state index in [0.29, 0.717) is 23.1 Å². The van der Waals surface area contributed by atoms with Crippen LogP contribution in [-0.4, -0.2) is 15.9 Å². The molecule has 1 N–H and O–H groups in total. The molecule has 6 heteroatoms. The molecule has 5 nitrogen and oxygen atoms in total. The maximum Gasteiger partial charge on any atom is 0.229 e. The molecular formula is C21H18FN3O2. The second-order valence-corrected chi connectivity index (χ2v) is 5.97. The Morgan fingerprint density at radius 2 is 1.70 bits per heavy atom. The van der Waals surface area contributed by atoms with Crippen LogP contribution in [0.25, 0.3) is 5.57 Å². The number of carbonyl (C=O) groups excluding carboxylic acids is 1. The summed E-state index contributed by atoms with van der Waals surface area (Å²) in [5, 5.41) is 2.75. The second-order valence-electron chi connectivity index (χ2n) is 5.97. The lowest BCUT2D eigenvalue weighted by molar-refractivity contribution is -0.115. The fraction of sp³-hybridized carbons (Fsp3) is 0.0952. The maximum atomic E-state index is 12.9. The van der Waals surface area contributed by atoms with Crippen LogP contribution in [-0.2, 0) is 11.2 Å². The zero-order chi connectivity index (χ0) is 19.2.